The van der Waals surface area contributed by atoms with Crippen LogP contribution in [0.2, 0.25) is 5.02 Å². The van der Waals surface area contributed by atoms with Gasteiger partial charge in [-0.15, -0.1) is 0 Å². The molecule has 162 valence electrons. The molecule has 1 N–H and O–H groups in total. The molecule has 6 nitrogen and oxygen atoms in total. The topological polar surface area (TPSA) is 68.2 Å². The van der Waals surface area contributed by atoms with Crippen LogP contribution < -0.4 is 14.2 Å². The second kappa shape index (κ2) is 8.13. The van der Waals surface area contributed by atoms with Crippen LogP contribution in [-0.2, 0) is 11.3 Å². The van der Waals surface area contributed by atoms with Crippen molar-refractivity contribution in [2.75, 3.05) is 13.9 Å². The van der Waals surface area contributed by atoms with Crippen LogP contribution in [0, 0.1) is 0 Å². The zero-order valence-corrected chi connectivity index (χ0v) is 18.0. The highest BCUT2D eigenvalue weighted by atomic mass is 35.5. The molecule has 1 atom stereocenters. The highest BCUT2D eigenvalue weighted by molar-refractivity contribution is 6.31. The molecule has 2 aliphatic heterocycles. The van der Waals surface area contributed by atoms with Crippen LogP contribution in [0.3, 0.4) is 0 Å². The number of hydrogen-bond acceptors (Lipinski definition) is 5. The maximum absolute atomic E-state index is 13.2. The van der Waals surface area contributed by atoms with E-state index in [1.807, 2.05) is 48.5 Å². The molecule has 1 amide bonds. The Labute approximate surface area is 190 Å². The van der Waals surface area contributed by atoms with E-state index < -0.39 is 11.9 Å². The molecule has 0 unspecified atom stereocenters. The summed E-state index contributed by atoms with van der Waals surface area (Å²) in [4.78, 5) is 14.9. The number of ether oxygens (including phenoxy) is 3. The number of aliphatic hydroxyl groups is 1. The van der Waals surface area contributed by atoms with E-state index in [9.17, 15) is 9.90 Å². The third kappa shape index (κ3) is 3.42. The van der Waals surface area contributed by atoms with Crippen molar-refractivity contribution in [1.29, 1.82) is 0 Å². The Morgan fingerprint density at radius 1 is 1.06 bits per heavy atom. The first-order valence-electron chi connectivity index (χ1n) is 10.1. The smallest absolute Gasteiger partial charge is 0.290 e. The minimum absolute atomic E-state index is 0.174. The molecule has 0 fully saturated rings. The van der Waals surface area contributed by atoms with Crippen molar-refractivity contribution in [3.63, 3.8) is 0 Å². The Balaban J connectivity index is 1.58. The third-order valence-electron chi connectivity index (χ3n) is 5.69. The highest BCUT2D eigenvalue weighted by Gasteiger charge is 2.41. The van der Waals surface area contributed by atoms with Crippen molar-refractivity contribution in [2.45, 2.75) is 12.6 Å². The lowest BCUT2D eigenvalue weighted by Crippen LogP contribution is -2.30. The maximum atomic E-state index is 13.2. The molecule has 0 aliphatic carbocycles. The van der Waals surface area contributed by atoms with Crippen LogP contribution in [0.4, 0.5) is 0 Å². The van der Waals surface area contributed by atoms with E-state index in [2.05, 4.69) is 0 Å². The van der Waals surface area contributed by atoms with Gasteiger partial charge in [-0.05, 0) is 47.0 Å². The summed E-state index contributed by atoms with van der Waals surface area (Å²) in [7, 11) is 1.59. The number of carbonyl (C=O) groups is 1. The van der Waals surface area contributed by atoms with E-state index in [0.29, 0.717) is 27.8 Å². The zero-order chi connectivity index (χ0) is 22.2. The first kappa shape index (κ1) is 20.3. The number of aliphatic hydroxyl groups excluding tert-OH is 1. The van der Waals surface area contributed by atoms with Gasteiger partial charge in [-0.1, -0.05) is 48.0 Å². The number of hydrogen-bond donors (Lipinski definition) is 1. The molecule has 0 saturated carbocycles. The van der Waals surface area contributed by atoms with E-state index in [0.717, 1.165) is 16.7 Å². The second-order valence-electron chi connectivity index (χ2n) is 7.54. The van der Waals surface area contributed by atoms with Gasteiger partial charge in [-0.25, -0.2) is 0 Å². The van der Waals surface area contributed by atoms with Crippen molar-refractivity contribution in [3.8, 4) is 17.2 Å². The van der Waals surface area contributed by atoms with E-state index >= 15 is 0 Å². The molecule has 0 saturated heterocycles. The molecule has 5 rings (SSSR count). The van der Waals surface area contributed by atoms with Gasteiger partial charge in [0, 0.05) is 17.1 Å². The first-order chi connectivity index (χ1) is 15.6. The lowest BCUT2D eigenvalue weighted by atomic mass is 9.93. The molecular weight excluding hydrogens is 430 g/mol. The minimum atomic E-state index is -0.560. The summed E-state index contributed by atoms with van der Waals surface area (Å²) in [5, 5.41) is 11.4. The van der Waals surface area contributed by atoms with Crippen molar-refractivity contribution < 1.29 is 24.1 Å². The van der Waals surface area contributed by atoms with E-state index in [-0.39, 0.29) is 19.1 Å². The number of nitrogens with zero attached hydrogens (tertiary/aromatic N) is 1. The average molecular weight is 450 g/mol. The van der Waals surface area contributed by atoms with Gasteiger partial charge in [-0.3, -0.25) is 4.79 Å². The summed E-state index contributed by atoms with van der Waals surface area (Å²) in [6.45, 7) is 0.433. The predicted octanol–water partition coefficient (Wildman–Crippen LogP) is 5.13. The number of halogens is 1. The molecule has 0 aromatic heterocycles. The van der Waals surface area contributed by atoms with Gasteiger partial charge in [0.05, 0.1) is 13.2 Å². The van der Waals surface area contributed by atoms with Crippen LogP contribution in [-0.4, -0.2) is 29.8 Å². The van der Waals surface area contributed by atoms with Gasteiger partial charge in [0.25, 0.3) is 5.91 Å². The molecule has 0 radical (unpaired) electrons. The SMILES string of the molecule is COc1ccc(C2=C(O)C(=O)N(Cc3ccc4c(c3)OCO4)[C@H]2c2ccccc2Cl)cc1. The van der Waals surface area contributed by atoms with Gasteiger partial charge >= 0.3 is 0 Å². The summed E-state index contributed by atoms with van der Waals surface area (Å²) < 4.78 is 16.1. The molecule has 2 aliphatic rings. The van der Waals surface area contributed by atoms with Crippen LogP contribution >= 0.6 is 11.6 Å². The fraction of sp³-hybridized carbons (Fsp3) is 0.160. The number of fused-ring (bicyclic) bond motifs is 1. The summed E-state index contributed by atoms with van der Waals surface area (Å²) in [6.07, 6.45) is 0. The van der Waals surface area contributed by atoms with Gasteiger partial charge in [-0.2, -0.15) is 0 Å². The number of benzene rings is 3. The van der Waals surface area contributed by atoms with Crippen molar-refractivity contribution in [2.24, 2.45) is 0 Å². The standard InChI is InChI=1S/C25H20ClNO5/c1-30-17-9-7-16(8-10-17)22-23(18-4-2-3-5-19(18)26)27(25(29)24(22)28)13-15-6-11-20-21(12-15)32-14-31-20/h2-12,23,28H,13-14H2,1H3/t23-/m0/s1. The number of carbonyl (C=O) groups excluding carboxylic acids is 1. The molecular formula is C25H20ClNO5. The van der Waals surface area contributed by atoms with Crippen LogP contribution in [0.15, 0.2) is 72.5 Å². The molecule has 0 bridgehead atoms. The van der Waals surface area contributed by atoms with Gasteiger partial charge in [0.1, 0.15) is 5.75 Å². The van der Waals surface area contributed by atoms with E-state index in [4.69, 9.17) is 25.8 Å². The molecule has 32 heavy (non-hydrogen) atoms. The lowest BCUT2D eigenvalue weighted by molar-refractivity contribution is -0.130. The molecule has 3 aromatic rings. The summed E-state index contributed by atoms with van der Waals surface area (Å²) >= 11 is 6.55. The zero-order valence-electron chi connectivity index (χ0n) is 17.2. The second-order valence-corrected chi connectivity index (χ2v) is 7.94. The van der Waals surface area contributed by atoms with Crippen LogP contribution in [0.1, 0.15) is 22.7 Å². The molecule has 0 spiro atoms. The molecule has 3 aromatic carbocycles. The Hall–Kier alpha value is -3.64. The molecule has 2 heterocycles. The van der Waals surface area contributed by atoms with Crippen molar-refractivity contribution in [3.05, 3.63) is 94.2 Å². The monoisotopic (exact) mass is 449 g/mol. The Morgan fingerprint density at radius 3 is 2.56 bits per heavy atom. The Bertz CT molecular complexity index is 1220. The predicted molar refractivity (Wildman–Crippen MR) is 120 cm³/mol. The van der Waals surface area contributed by atoms with E-state index in [1.165, 1.54) is 0 Å². The summed E-state index contributed by atoms with van der Waals surface area (Å²) in [5.74, 6) is 1.24. The Morgan fingerprint density at radius 2 is 1.81 bits per heavy atom. The largest absolute Gasteiger partial charge is 0.503 e. The van der Waals surface area contributed by atoms with Crippen molar-refractivity contribution >= 4 is 23.1 Å². The number of rotatable bonds is 5. The maximum Gasteiger partial charge on any atom is 0.290 e. The summed E-state index contributed by atoms with van der Waals surface area (Å²) in [5.41, 5.74) is 2.81. The fourth-order valence-corrected chi connectivity index (χ4v) is 4.38. The number of amides is 1. The van der Waals surface area contributed by atoms with Gasteiger partial charge < -0.3 is 24.2 Å². The van der Waals surface area contributed by atoms with Crippen LogP contribution in [0.25, 0.3) is 5.57 Å². The normalized spacial score (nSPS) is 17.2. The van der Waals surface area contributed by atoms with Crippen molar-refractivity contribution in [1.82, 2.24) is 4.90 Å². The quantitative estimate of drug-likeness (QED) is 0.584. The lowest BCUT2D eigenvalue weighted by Gasteiger charge is -2.28. The fourth-order valence-electron chi connectivity index (χ4n) is 4.14. The first-order valence-corrected chi connectivity index (χ1v) is 10.5. The highest BCUT2D eigenvalue weighted by Crippen LogP contribution is 2.46. The minimum Gasteiger partial charge on any atom is -0.503 e. The summed E-state index contributed by atoms with van der Waals surface area (Å²) in [6, 6.07) is 19.6. The van der Waals surface area contributed by atoms with Gasteiger partial charge in [0.15, 0.2) is 17.3 Å². The number of methoxy groups -OCH3 is 1. The van der Waals surface area contributed by atoms with Gasteiger partial charge in [0.2, 0.25) is 6.79 Å². The third-order valence-corrected chi connectivity index (χ3v) is 6.04. The molecule has 7 heteroatoms. The Kier molecular flexibility index (Phi) is 5.15. The average Bonchev–Trinajstić information content (AvgIpc) is 3.37. The van der Waals surface area contributed by atoms with E-state index in [1.54, 1.807) is 30.2 Å². The van der Waals surface area contributed by atoms with Crippen LogP contribution in [0.5, 0.6) is 17.2 Å².